The van der Waals surface area contributed by atoms with E-state index in [1.54, 1.807) is 7.11 Å². The highest BCUT2D eigenvalue weighted by Crippen LogP contribution is 2.49. The zero-order valence-corrected chi connectivity index (χ0v) is 12.2. The van der Waals surface area contributed by atoms with Crippen molar-refractivity contribution in [2.45, 2.75) is 52.0 Å². The summed E-state index contributed by atoms with van der Waals surface area (Å²) in [4.78, 5) is 2.54. The second-order valence-electron chi connectivity index (χ2n) is 5.64. The van der Waals surface area contributed by atoms with Crippen LogP contribution in [0.15, 0.2) is 0 Å². The zero-order chi connectivity index (χ0) is 13.6. The molecule has 0 aliphatic heterocycles. The maximum absolute atomic E-state index is 7.50. The van der Waals surface area contributed by atoms with E-state index in [0.717, 1.165) is 26.1 Å². The first kappa shape index (κ1) is 15.4. The molecule has 1 saturated carbocycles. The molecule has 1 rings (SSSR count). The molecule has 0 aromatic heterocycles. The van der Waals surface area contributed by atoms with E-state index in [9.17, 15) is 0 Å². The minimum atomic E-state index is 0.294. The van der Waals surface area contributed by atoms with Crippen LogP contribution in [-0.2, 0) is 4.74 Å². The molecule has 3 N–H and O–H groups in total. The summed E-state index contributed by atoms with van der Waals surface area (Å²) in [7, 11) is 1.76. The molecule has 0 heterocycles. The van der Waals surface area contributed by atoms with Crippen LogP contribution in [0.25, 0.3) is 0 Å². The van der Waals surface area contributed by atoms with Gasteiger partial charge in [-0.15, -0.1) is 0 Å². The van der Waals surface area contributed by atoms with Gasteiger partial charge in [-0.1, -0.05) is 13.8 Å². The second-order valence-corrected chi connectivity index (χ2v) is 5.64. The highest BCUT2D eigenvalue weighted by Gasteiger charge is 2.44. The van der Waals surface area contributed by atoms with Crippen LogP contribution in [0.4, 0.5) is 0 Å². The SMILES string of the molecule is CCC(CC)N(CCOC)CC1(CC(=N)N)CC1. The van der Waals surface area contributed by atoms with Crippen molar-refractivity contribution in [1.82, 2.24) is 4.90 Å². The van der Waals surface area contributed by atoms with Crippen molar-refractivity contribution in [3.05, 3.63) is 0 Å². The van der Waals surface area contributed by atoms with Crippen molar-refractivity contribution < 1.29 is 4.74 Å². The first-order chi connectivity index (χ1) is 8.56. The van der Waals surface area contributed by atoms with Crippen LogP contribution >= 0.6 is 0 Å². The van der Waals surface area contributed by atoms with Gasteiger partial charge in [0.25, 0.3) is 0 Å². The monoisotopic (exact) mass is 255 g/mol. The number of hydrogen-bond acceptors (Lipinski definition) is 3. The first-order valence-electron chi connectivity index (χ1n) is 7.12. The number of rotatable bonds is 10. The lowest BCUT2D eigenvalue weighted by molar-refractivity contribution is 0.0979. The summed E-state index contributed by atoms with van der Waals surface area (Å²) in [5, 5.41) is 7.50. The van der Waals surface area contributed by atoms with Crippen molar-refractivity contribution in [3.8, 4) is 0 Å². The van der Waals surface area contributed by atoms with Gasteiger partial charge in [0.15, 0.2) is 0 Å². The van der Waals surface area contributed by atoms with Crippen molar-refractivity contribution in [2.24, 2.45) is 11.1 Å². The largest absolute Gasteiger partial charge is 0.388 e. The first-order valence-corrected chi connectivity index (χ1v) is 7.12. The standard InChI is InChI=1S/C14H29N3O/c1-4-12(5-2)17(8-9-18-3)11-14(6-7-14)10-13(15)16/h12H,4-11H2,1-3H3,(H3,15,16). The third-order valence-corrected chi connectivity index (χ3v) is 4.10. The minimum absolute atomic E-state index is 0.294. The van der Waals surface area contributed by atoms with E-state index in [-0.39, 0.29) is 0 Å². The average molecular weight is 255 g/mol. The van der Waals surface area contributed by atoms with Crippen LogP contribution in [0.3, 0.4) is 0 Å². The molecule has 0 aromatic rings. The Morgan fingerprint density at radius 3 is 2.39 bits per heavy atom. The third-order valence-electron chi connectivity index (χ3n) is 4.10. The maximum Gasteiger partial charge on any atom is 0.0911 e. The molecule has 4 nitrogen and oxygen atoms in total. The molecule has 1 fully saturated rings. The Hall–Kier alpha value is -0.610. The molecule has 0 bridgehead atoms. The van der Waals surface area contributed by atoms with Crippen molar-refractivity contribution >= 4 is 5.84 Å². The van der Waals surface area contributed by atoms with Crippen LogP contribution < -0.4 is 5.73 Å². The number of nitrogens with two attached hydrogens (primary N) is 1. The van der Waals surface area contributed by atoms with E-state index in [1.165, 1.54) is 25.7 Å². The van der Waals surface area contributed by atoms with Crippen LogP contribution in [-0.4, -0.2) is 43.6 Å². The fourth-order valence-electron chi connectivity index (χ4n) is 2.81. The molecule has 0 saturated heterocycles. The van der Waals surface area contributed by atoms with Crippen molar-refractivity contribution in [1.29, 1.82) is 5.41 Å². The van der Waals surface area contributed by atoms with Gasteiger partial charge in [-0.2, -0.15) is 0 Å². The van der Waals surface area contributed by atoms with Gasteiger partial charge in [0, 0.05) is 32.7 Å². The van der Waals surface area contributed by atoms with Gasteiger partial charge >= 0.3 is 0 Å². The summed E-state index contributed by atoms with van der Waals surface area (Å²) in [5.74, 6) is 0.337. The number of nitrogens with zero attached hydrogens (tertiary/aromatic N) is 1. The molecule has 106 valence electrons. The smallest absolute Gasteiger partial charge is 0.0911 e. The Morgan fingerprint density at radius 1 is 1.39 bits per heavy atom. The lowest BCUT2D eigenvalue weighted by Gasteiger charge is -2.33. The fraction of sp³-hybridized carbons (Fsp3) is 0.929. The third kappa shape index (κ3) is 4.58. The van der Waals surface area contributed by atoms with Crippen LogP contribution in [0, 0.1) is 10.8 Å². The van der Waals surface area contributed by atoms with Gasteiger partial charge in [0.05, 0.1) is 12.4 Å². The predicted octanol–water partition coefficient (Wildman–Crippen LogP) is 2.23. The summed E-state index contributed by atoms with van der Waals surface area (Å²) in [6.45, 7) is 7.34. The molecular formula is C14H29N3O. The normalized spacial score (nSPS) is 17.4. The topological polar surface area (TPSA) is 62.3 Å². The zero-order valence-electron chi connectivity index (χ0n) is 12.2. The van der Waals surface area contributed by atoms with Crippen molar-refractivity contribution in [2.75, 3.05) is 26.8 Å². The molecule has 0 atom stereocenters. The Kier molecular flexibility index (Phi) is 6.09. The van der Waals surface area contributed by atoms with Gasteiger partial charge in [-0.3, -0.25) is 10.3 Å². The lowest BCUT2D eigenvalue weighted by atomic mass is 9.99. The number of ether oxygens (including phenoxy) is 1. The molecular weight excluding hydrogens is 226 g/mol. The predicted molar refractivity (Wildman–Crippen MR) is 76.0 cm³/mol. The summed E-state index contributed by atoms with van der Waals surface area (Å²) in [6, 6.07) is 0.629. The van der Waals surface area contributed by atoms with E-state index in [1.807, 2.05) is 0 Å². The Balaban J connectivity index is 2.57. The molecule has 1 aliphatic carbocycles. The van der Waals surface area contributed by atoms with E-state index in [0.29, 0.717) is 17.3 Å². The average Bonchev–Trinajstić information content (AvgIpc) is 3.06. The summed E-state index contributed by atoms with van der Waals surface area (Å²) >= 11 is 0. The Labute approximate surface area is 111 Å². The quantitative estimate of drug-likeness (QED) is 0.465. The summed E-state index contributed by atoms with van der Waals surface area (Å²) in [6.07, 6.45) is 5.55. The van der Waals surface area contributed by atoms with E-state index in [2.05, 4.69) is 18.7 Å². The summed E-state index contributed by atoms with van der Waals surface area (Å²) < 4.78 is 5.22. The minimum Gasteiger partial charge on any atom is -0.388 e. The van der Waals surface area contributed by atoms with Gasteiger partial charge < -0.3 is 10.5 Å². The number of nitrogens with one attached hydrogen (secondary N) is 1. The Bertz CT molecular complexity index is 260. The van der Waals surface area contributed by atoms with E-state index in [4.69, 9.17) is 15.9 Å². The molecule has 0 unspecified atom stereocenters. The highest BCUT2D eigenvalue weighted by molar-refractivity contribution is 5.78. The lowest BCUT2D eigenvalue weighted by Crippen LogP contribution is -2.41. The molecule has 0 radical (unpaired) electrons. The Morgan fingerprint density at radius 2 is 2.00 bits per heavy atom. The van der Waals surface area contributed by atoms with Gasteiger partial charge in [0.2, 0.25) is 0 Å². The molecule has 18 heavy (non-hydrogen) atoms. The van der Waals surface area contributed by atoms with E-state index < -0.39 is 0 Å². The van der Waals surface area contributed by atoms with Crippen LogP contribution in [0.1, 0.15) is 46.0 Å². The fourth-order valence-corrected chi connectivity index (χ4v) is 2.81. The second kappa shape index (κ2) is 7.10. The number of methoxy groups -OCH3 is 1. The molecule has 0 aromatic carbocycles. The highest BCUT2D eigenvalue weighted by atomic mass is 16.5. The van der Waals surface area contributed by atoms with Crippen molar-refractivity contribution in [3.63, 3.8) is 0 Å². The van der Waals surface area contributed by atoms with Crippen LogP contribution in [0.2, 0.25) is 0 Å². The molecule has 4 heteroatoms. The number of amidine groups is 1. The van der Waals surface area contributed by atoms with Gasteiger partial charge in [-0.25, -0.2) is 0 Å². The van der Waals surface area contributed by atoms with Crippen LogP contribution in [0.5, 0.6) is 0 Å². The van der Waals surface area contributed by atoms with Gasteiger partial charge in [0.1, 0.15) is 0 Å². The summed E-state index contributed by atoms with van der Waals surface area (Å²) in [5.41, 5.74) is 5.87. The molecule has 1 aliphatic rings. The molecule has 0 amide bonds. The maximum atomic E-state index is 7.50. The molecule has 0 spiro atoms. The number of hydrogen-bond donors (Lipinski definition) is 2. The van der Waals surface area contributed by atoms with Gasteiger partial charge in [-0.05, 0) is 31.1 Å². The van der Waals surface area contributed by atoms with E-state index >= 15 is 0 Å².